The van der Waals surface area contributed by atoms with Crippen molar-refractivity contribution in [3.8, 4) is 11.5 Å². The number of ether oxygens (including phenoxy) is 1. The summed E-state index contributed by atoms with van der Waals surface area (Å²) in [6.45, 7) is 14.7. The van der Waals surface area contributed by atoms with Gasteiger partial charge in [0.25, 0.3) is 0 Å². The third kappa shape index (κ3) is 5.06. The van der Waals surface area contributed by atoms with Crippen LogP contribution in [-0.4, -0.2) is 12.2 Å². The van der Waals surface area contributed by atoms with Crippen molar-refractivity contribution in [1.29, 1.82) is 0 Å². The van der Waals surface area contributed by atoms with Crippen molar-refractivity contribution >= 4 is 11.8 Å². The Hall–Kier alpha value is -2.42. The first-order valence-corrected chi connectivity index (χ1v) is 9.44. The third-order valence-electron chi connectivity index (χ3n) is 4.55. The summed E-state index contributed by atoms with van der Waals surface area (Å²) < 4.78 is 6.06. The van der Waals surface area contributed by atoms with Gasteiger partial charge in [-0.05, 0) is 53.7 Å². The Morgan fingerprint density at radius 1 is 0.963 bits per heavy atom. The first-order chi connectivity index (χ1) is 12.4. The molecule has 0 aromatic heterocycles. The van der Waals surface area contributed by atoms with E-state index in [9.17, 15) is 5.11 Å². The lowest BCUT2D eigenvalue weighted by Crippen LogP contribution is -2.17. The van der Waals surface area contributed by atoms with Gasteiger partial charge in [-0.15, -0.1) is 0 Å². The van der Waals surface area contributed by atoms with Crippen molar-refractivity contribution in [2.24, 2.45) is 0 Å². The SMILES string of the molecule is CNc1ccccc1O/C(C)=C/c1cc(C(C)(C)C)c(O)c(C(C)(C)C)c1. The molecule has 0 heterocycles. The predicted molar refractivity (Wildman–Crippen MR) is 116 cm³/mol. The van der Waals surface area contributed by atoms with Crippen molar-refractivity contribution in [1.82, 2.24) is 0 Å². The minimum absolute atomic E-state index is 0.151. The Kier molecular flexibility index (Phi) is 5.94. The summed E-state index contributed by atoms with van der Waals surface area (Å²) in [7, 11) is 1.88. The summed E-state index contributed by atoms with van der Waals surface area (Å²) in [5, 5.41) is 14.0. The molecule has 3 nitrogen and oxygen atoms in total. The van der Waals surface area contributed by atoms with Crippen LogP contribution in [0.25, 0.3) is 6.08 Å². The Bertz CT molecular complexity index is 801. The Morgan fingerprint density at radius 2 is 1.48 bits per heavy atom. The molecule has 2 N–H and O–H groups in total. The van der Waals surface area contributed by atoms with Crippen LogP contribution in [0.2, 0.25) is 0 Å². The van der Waals surface area contributed by atoms with Crippen LogP contribution < -0.4 is 10.1 Å². The number of phenolic OH excluding ortho intramolecular Hbond substituents is 1. The van der Waals surface area contributed by atoms with E-state index in [2.05, 4.69) is 59.0 Å². The fraction of sp³-hybridized carbons (Fsp3) is 0.417. The fourth-order valence-electron chi connectivity index (χ4n) is 3.08. The second kappa shape index (κ2) is 7.67. The molecule has 2 aromatic rings. The van der Waals surface area contributed by atoms with Crippen LogP contribution in [0.1, 0.15) is 65.2 Å². The topological polar surface area (TPSA) is 41.5 Å². The van der Waals surface area contributed by atoms with E-state index in [1.165, 1.54) is 0 Å². The highest BCUT2D eigenvalue weighted by molar-refractivity contribution is 5.61. The second-order valence-corrected chi connectivity index (χ2v) is 9.07. The van der Waals surface area contributed by atoms with Gasteiger partial charge in [-0.25, -0.2) is 0 Å². The number of nitrogens with one attached hydrogen (secondary N) is 1. The van der Waals surface area contributed by atoms with E-state index in [0.717, 1.165) is 33.9 Å². The van der Waals surface area contributed by atoms with Gasteiger partial charge in [-0.2, -0.15) is 0 Å². The van der Waals surface area contributed by atoms with Gasteiger partial charge in [-0.3, -0.25) is 0 Å². The summed E-state index contributed by atoms with van der Waals surface area (Å²) in [6.07, 6.45) is 2.02. The molecule has 0 spiro atoms. The zero-order chi connectivity index (χ0) is 20.4. The van der Waals surface area contributed by atoms with Gasteiger partial charge < -0.3 is 15.2 Å². The summed E-state index contributed by atoms with van der Waals surface area (Å²) >= 11 is 0. The molecule has 27 heavy (non-hydrogen) atoms. The van der Waals surface area contributed by atoms with Gasteiger partial charge >= 0.3 is 0 Å². The maximum absolute atomic E-state index is 10.9. The van der Waals surface area contributed by atoms with Crippen LogP contribution in [0, 0.1) is 0 Å². The van der Waals surface area contributed by atoms with E-state index in [1.807, 2.05) is 44.3 Å². The third-order valence-corrected chi connectivity index (χ3v) is 4.55. The van der Waals surface area contributed by atoms with E-state index in [0.29, 0.717) is 5.75 Å². The summed E-state index contributed by atoms with van der Waals surface area (Å²) in [5.41, 5.74) is 3.57. The first kappa shape index (κ1) is 20.9. The van der Waals surface area contributed by atoms with Crippen LogP contribution in [0.15, 0.2) is 42.2 Å². The maximum Gasteiger partial charge on any atom is 0.149 e. The van der Waals surface area contributed by atoms with Gasteiger partial charge in [0.1, 0.15) is 17.3 Å². The number of allylic oxidation sites excluding steroid dienone is 1. The Morgan fingerprint density at radius 3 is 1.96 bits per heavy atom. The fourth-order valence-corrected chi connectivity index (χ4v) is 3.08. The van der Waals surface area contributed by atoms with E-state index >= 15 is 0 Å². The molecule has 0 atom stereocenters. The molecule has 146 valence electrons. The van der Waals surface area contributed by atoms with E-state index in [1.54, 1.807) is 0 Å². The average molecular weight is 368 g/mol. The minimum Gasteiger partial charge on any atom is -0.507 e. The highest BCUT2D eigenvalue weighted by atomic mass is 16.5. The predicted octanol–water partition coefficient (Wildman–Crippen LogP) is 6.47. The van der Waals surface area contributed by atoms with Gasteiger partial charge in [-0.1, -0.05) is 53.7 Å². The number of para-hydroxylation sites is 2. The molecule has 2 aromatic carbocycles. The van der Waals surface area contributed by atoms with Gasteiger partial charge in [0.15, 0.2) is 0 Å². The van der Waals surface area contributed by atoms with Crippen LogP contribution in [0.4, 0.5) is 5.69 Å². The molecule has 0 saturated carbocycles. The highest BCUT2D eigenvalue weighted by Crippen LogP contribution is 2.40. The van der Waals surface area contributed by atoms with Crippen LogP contribution in [-0.2, 0) is 10.8 Å². The van der Waals surface area contributed by atoms with Crippen molar-refractivity contribution in [3.63, 3.8) is 0 Å². The molecule has 0 radical (unpaired) electrons. The summed E-state index contributed by atoms with van der Waals surface area (Å²) in [4.78, 5) is 0. The molecule has 0 aliphatic rings. The van der Waals surface area contributed by atoms with E-state index in [4.69, 9.17) is 4.74 Å². The zero-order valence-corrected chi connectivity index (χ0v) is 17.9. The Balaban J connectivity index is 2.49. The van der Waals surface area contributed by atoms with E-state index in [-0.39, 0.29) is 10.8 Å². The molecule has 0 fully saturated rings. The summed E-state index contributed by atoms with van der Waals surface area (Å²) in [6, 6.07) is 12.0. The average Bonchev–Trinajstić information content (AvgIpc) is 2.54. The van der Waals surface area contributed by atoms with E-state index < -0.39 is 0 Å². The van der Waals surface area contributed by atoms with Crippen molar-refractivity contribution in [2.75, 3.05) is 12.4 Å². The number of phenols is 1. The normalized spacial score (nSPS) is 12.8. The smallest absolute Gasteiger partial charge is 0.149 e. The van der Waals surface area contributed by atoms with Crippen molar-refractivity contribution in [3.05, 3.63) is 58.8 Å². The zero-order valence-electron chi connectivity index (χ0n) is 17.9. The number of hydrogen-bond acceptors (Lipinski definition) is 3. The van der Waals surface area contributed by atoms with Crippen molar-refractivity contribution in [2.45, 2.75) is 59.3 Å². The van der Waals surface area contributed by atoms with Crippen LogP contribution >= 0.6 is 0 Å². The molecule has 2 rings (SSSR count). The molecule has 0 aliphatic heterocycles. The van der Waals surface area contributed by atoms with Gasteiger partial charge in [0.2, 0.25) is 0 Å². The number of anilines is 1. The molecule has 0 bridgehead atoms. The first-order valence-electron chi connectivity index (χ1n) is 9.44. The molecular weight excluding hydrogens is 334 g/mol. The molecular formula is C24H33NO2. The summed E-state index contributed by atoms with van der Waals surface area (Å²) in [5.74, 6) is 1.98. The maximum atomic E-state index is 10.9. The number of benzene rings is 2. The number of rotatable bonds is 4. The van der Waals surface area contributed by atoms with Crippen molar-refractivity contribution < 1.29 is 9.84 Å². The number of hydrogen-bond donors (Lipinski definition) is 2. The molecule has 0 aliphatic carbocycles. The lowest BCUT2D eigenvalue weighted by atomic mass is 9.78. The standard InChI is InChI=1S/C24H33NO2/c1-16(27-21-12-10-9-11-20(21)25-8)13-17-14-18(23(2,3)4)22(26)19(15-17)24(5,6)7/h9-15,25-26H,1-8H3/b16-13+. The second-order valence-electron chi connectivity index (χ2n) is 9.07. The quantitative estimate of drug-likeness (QED) is 0.609. The molecule has 3 heteroatoms. The lowest BCUT2D eigenvalue weighted by Gasteiger charge is -2.28. The highest BCUT2D eigenvalue weighted by Gasteiger charge is 2.26. The lowest BCUT2D eigenvalue weighted by molar-refractivity contribution is 0.422. The molecule has 0 unspecified atom stereocenters. The molecule has 0 saturated heterocycles. The molecule has 0 amide bonds. The monoisotopic (exact) mass is 367 g/mol. The van der Waals surface area contributed by atoms with Gasteiger partial charge in [0, 0.05) is 18.2 Å². The largest absolute Gasteiger partial charge is 0.507 e. The minimum atomic E-state index is -0.151. The number of aromatic hydroxyl groups is 1. The van der Waals surface area contributed by atoms with Gasteiger partial charge in [0.05, 0.1) is 5.69 Å². The van der Waals surface area contributed by atoms with Crippen LogP contribution in [0.5, 0.6) is 11.5 Å². The van der Waals surface area contributed by atoms with Crippen LogP contribution in [0.3, 0.4) is 0 Å². The Labute approximate surface area is 164 Å².